The highest BCUT2D eigenvalue weighted by Gasteiger charge is 2.04. The van der Waals surface area contributed by atoms with Crippen LogP contribution in [0.1, 0.15) is 18.9 Å². The number of benzene rings is 1. The van der Waals surface area contributed by atoms with Crippen LogP contribution in [0.25, 0.3) is 0 Å². The van der Waals surface area contributed by atoms with E-state index in [0.717, 1.165) is 24.3 Å². The molecule has 0 fully saturated rings. The van der Waals surface area contributed by atoms with Crippen molar-refractivity contribution in [1.82, 2.24) is 0 Å². The monoisotopic (exact) mass is 209 g/mol. The van der Waals surface area contributed by atoms with Gasteiger partial charge in [-0.05, 0) is 24.1 Å². The van der Waals surface area contributed by atoms with E-state index in [4.69, 9.17) is 15.2 Å². The fourth-order valence-corrected chi connectivity index (χ4v) is 1.44. The first-order chi connectivity index (χ1) is 7.31. The number of methoxy groups -OCH3 is 1. The van der Waals surface area contributed by atoms with Crippen molar-refractivity contribution in [2.75, 3.05) is 20.3 Å². The molecule has 0 aliphatic rings. The Balaban J connectivity index is 2.78. The molecule has 3 nitrogen and oxygen atoms in total. The molecule has 0 aliphatic heterocycles. The van der Waals surface area contributed by atoms with Gasteiger partial charge in [-0.1, -0.05) is 19.4 Å². The second-order valence-electron chi connectivity index (χ2n) is 3.37. The van der Waals surface area contributed by atoms with Gasteiger partial charge >= 0.3 is 0 Å². The number of hydrogen-bond acceptors (Lipinski definition) is 3. The van der Waals surface area contributed by atoms with Crippen molar-refractivity contribution >= 4 is 0 Å². The molecule has 15 heavy (non-hydrogen) atoms. The third kappa shape index (κ3) is 3.44. The first kappa shape index (κ1) is 11.9. The Morgan fingerprint density at radius 3 is 2.67 bits per heavy atom. The molecular formula is C12H19NO2. The van der Waals surface area contributed by atoms with E-state index in [2.05, 4.69) is 13.0 Å². The van der Waals surface area contributed by atoms with Gasteiger partial charge in [0.15, 0.2) is 11.5 Å². The molecule has 1 rings (SSSR count). The molecule has 0 bridgehead atoms. The van der Waals surface area contributed by atoms with E-state index in [1.807, 2.05) is 12.1 Å². The summed E-state index contributed by atoms with van der Waals surface area (Å²) in [5.74, 6) is 1.55. The summed E-state index contributed by atoms with van der Waals surface area (Å²) < 4.78 is 10.7. The maximum atomic E-state index is 5.46. The van der Waals surface area contributed by atoms with E-state index >= 15 is 0 Å². The smallest absolute Gasteiger partial charge is 0.161 e. The quantitative estimate of drug-likeness (QED) is 0.779. The normalized spacial score (nSPS) is 10.1. The van der Waals surface area contributed by atoms with Crippen LogP contribution >= 0.6 is 0 Å². The molecule has 2 N–H and O–H groups in total. The van der Waals surface area contributed by atoms with Gasteiger partial charge in [0, 0.05) is 6.54 Å². The fourth-order valence-electron chi connectivity index (χ4n) is 1.44. The van der Waals surface area contributed by atoms with Crippen LogP contribution in [0.4, 0.5) is 0 Å². The molecule has 1 aromatic rings. The van der Waals surface area contributed by atoms with E-state index < -0.39 is 0 Å². The lowest BCUT2D eigenvalue weighted by Crippen LogP contribution is -2.11. The van der Waals surface area contributed by atoms with E-state index in [1.54, 1.807) is 7.11 Å². The standard InChI is InChI=1S/C12H19NO2/c1-3-4-10-5-6-11(15-8-7-13)12(9-10)14-2/h5-6,9H,3-4,7-8,13H2,1-2H3. The van der Waals surface area contributed by atoms with Gasteiger partial charge in [0.25, 0.3) is 0 Å². The molecule has 0 aromatic heterocycles. The molecule has 0 heterocycles. The Kier molecular flexibility index (Phi) is 4.98. The van der Waals surface area contributed by atoms with Gasteiger partial charge in [0.2, 0.25) is 0 Å². The minimum absolute atomic E-state index is 0.514. The largest absolute Gasteiger partial charge is 0.493 e. The second-order valence-corrected chi connectivity index (χ2v) is 3.37. The first-order valence-corrected chi connectivity index (χ1v) is 5.31. The van der Waals surface area contributed by atoms with Crippen molar-refractivity contribution in [3.8, 4) is 11.5 Å². The van der Waals surface area contributed by atoms with Crippen LogP contribution in [-0.2, 0) is 6.42 Å². The molecule has 0 unspecified atom stereocenters. The Bertz CT molecular complexity index is 300. The molecule has 3 heteroatoms. The number of aryl methyl sites for hydroxylation is 1. The summed E-state index contributed by atoms with van der Waals surface area (Å²) in [7, 11) is 1.65. The van der Waals surface area contributed by atoms with Crippen molar-refractivity contribution in [3.63, 3.8) is 0 Å². The lowest BCUT2D eigenvalue weighted by molar-refractivity contribution is 0.302. The Hall–Kier alpha value is -1.22. The van der Waals surface area contributed by atoms with E-state index in [0.29, 0.717) is 13.2 Å². The molecule has 0 saturated heterocycles. The van der Waals surface area contributed by atoms with Gasteiger partial charge in [-0.25, -0.2) is 0 Å². The topological polar surface area (TPSA) is 44.5 Å². The molecule has 0 aliphatic carbocycles. The van der Waals surface area contributed by atoms with Crippen molar-refractivity contribution < 1.29 is 9.47 Å². The summed E-state index contributed by atoms with van der Waals surface area (Å²) in [6, 6.07) is 6.03. The summed E-state index contributed by atoms with van der Waals surface area (Å²) in [5, 5.41) is 0. The zero-order valence-corrected chi connectivity index (χ0v) is 9.45. The zero-order valence-electron chi connectivity index (χ0n) is 9.45. The van der Waals surface area contributed by atoms with Gasteiger partial charge in [-0.2, -0.15) is 0 Å². The summed E-state index contributed by atoms with van der Waals surface area (Å²) >= 11 is 0. The molecule has 0 saturated carbocycles. The van der Waals surface area contributed by atoms with Gasteiger partial charge in [0.05, 0.1) is 7.11 Å². The Morgan fingerprint density at radius 1 is 1.27 bits per heavy atom. The molecule has 0 radical (unpaired) electrons. The number of rotatable bonds is 6. The van der Waals surface area contributed by atoms with Crippen molar-refractivity contribution in [1.29, 1.82) is 0 Å². The predicted molar refractivity (Wildman–Crippen MR) is 61.5 cm³/mol. The van der Waals surface area contributed by atoms with Crippen LogP contribution in [0, 0.1) is 0 Å². The van der Waals surface area contributed by atoms with Crippen molar-refractivity contribution in [3.05, 3.63) is 23.8 Å². The van der Waals surface area contributed by atoms with E-state index in [-0.39, 0.29) is 0 Å². The van der Waals surface area contributed by atoms with Crippen LogP contribution in [0.3, 0.4) is 0 Å². The van der Waals surface area contributed by atoms with E-state index in [9.17, 15) is 0 Å². The lowest BCUT2D eigenvalue weighted by Gasteiger charge is -2.11. The zero-order chi connectivity index (χ0) is 11.1. The van der Waals surface area contributed by atoms with E-state index in [1.165, 1.54) is 5.56 Å². The number of hydrogen-bond donors (Lipinski definition) is 1. The Labute approximate surface area is 91.2 Å². The summed E-state index contributed by atoms with van der Waals surface area (Å²) in [4.78, 5) is 0. The first-order valence-electron chi connectivity index (χ1n) is 5.31. The fraction of sp³-hybridized carbons (Fsp3) is 0.500. The average molecular weight is 209 g/mol. The SMILES string of the molecule is CCCc1ccc(OCCN)c(OC)c1. The van der Waals surface area contributed by atoms with Crippen LogP contribution in [0.15, 0.2) is 18.2 Å². The van der Waals surface area contributed by atoms with Crippen molar-refractivity contribution in [2.24, 2.45) is 5.73 Å². The number of nitrogens with two attached hydrogens (primary N) is 1. The molecule has 0 atom stereocenters. The molecule has 0 amide bonds. The second kappa shape index (κ2) is 6.30. The van der Waals surface area contributed by atoms with Crippen molar-refractivity contribution in [2.45, 2.75) is 19.8 Å². The summed E-state index contributed by atoms with van der Waals surface area (Å²) in [5.41, 5.74) is 6.65. The molecule has 0 spiro atoms. The maximum Gasteiger partial charge on any atom is 0.161 e. The third-order valence-electron chi connectivity index (χ3n) is 2.14. The third-order valence-corrected chi connectivity index (χ3v) is 2.14. The van der Waals surface area contributed by atoms with Gasteiger partial charge in [-0.15, -0.1) is 0 Å². The average Bonchev–Trinajstić information content (AvgIpc) is 2.27. The molecular weight excluding hydrogens is 190 g/mol. The molecule has 84 valence electrons. The van der Waals surface area contributed by atoms with Gasteiger partial charge < -0.3 is 15.2 Å². The minimum atomic E-state index is 0.514. The predicted octanol–water partition coefficient (Wildman–Crippen LogP) is 1.99. The van der Waals surface area contributed by atoms with Crippen LogP contribution in [0.2, 0.25) is 0 Å². The van der Waals surface area contributed by atoms with Crippen LogP contribution in [-0.4, -0.2) is 20.3 Å². The highest BCUT2D eigenvalue weighted by molar-refractivity contribution is 5.43. The maximum absolute atomic E-state index is 5.46. The summed E-state index contributed by atoms with van der Waals surface area (Å²) in [6.45, 7) is 3.19. The van der Waals surface area contributed by atoms with Gasteiger partial charge in [0.1, 0.15) is 6.61 Å². The van der Waals surface area contributed by atoms with Crippen LogP contribution < -0.4 is 15.2 Å². The molecule has 1 aromatic carbocycles. The Morgan fingerprint density at radius 2 is 2.07 bits per heavy atom. The summed E-state index contributed by atoms with van der Waals surface area (Å²) in [6.07, 6.45) is 2.19. The minimum Gasteiger partial charge on any atom is -0.493 e. The van der Waals surface area contributed by atoms with Gasteiger partial charge in [-0.3, -0.25) is 0 Å². The lowest BCUT2D eigenvalue weighted by atomic mass is 10.1. The highest BCUT2D eigenvalue weighted by Crippen LogP contribution is 2.28. The van der Waals surface area contributed by atoms with Crippen LogP contribution in [0.5, 0.6) is 11.5 Å². The highest BCUT2D eigenvalue weighted by atomic mass is 16.5. The number of ether oxygens (including phenoxy) is 2.